The molecule has 0 bridgehead atoms. The zero-order valence-electron chi connectivity index (χ0n) is 19.8. The number of nitrogens with zero attached hydrogens (tertiary/aromatic N) is 7. The Balaban J connectivity index is 1.33. The second-order valence-electron chi connectivity index (χ2n) is 8.44. The van der Waals surface area contributed by atoms with E-state index in [4.69, 9.17) is 0 Å². The molecule has 0 atom stereocenters. The van der Waals surface area contributed by atoms with Crippen LogP contribution in [0.25, 0.3) is 5.82 Å². The summed E-state index contributed by atoms with van der Waals surface area (Å²) in [5.74, 6) is 1.56. The fraction of sp³-hybridized carbons (Fsp3) is 0.192. The van der Waals surface area contributed by atoms with Gasteiger partial charge in [-0.2, -0.15) is 10.2 Å². The average Bonchev–Trinajstić information content (AvgIpc) is 2.90. The lowest BCUT2D eigenvalue weighted by atomic mass is 10.2. The molecule has 4 heterocycles. The number of aromatic nitrogens is 4. The fourth-order valence-corrected chi connectivity index (χ4v) is 3.93. The van der Waals surface area contributed by atoms with Gasteiger partial charge in [-0.15, -0.1) is 0 Å². The average molecular weight is 480 g/mol. The smallest absolute Gasteiger partial charge is 0.256 e. The molecular formula is C26H25N9O. The number of rotatable bonds is 6. The summed E-state index contributed by atoms with van der Waals surface area (Å²) in [4.78, 5) is 30.1. The molecule has 2 N–H and O–H groups in total. The predicted octanol–water partition coefficient (Wildman–Crippen LogP) is 3.13. The van der Waals surface area contributed by atoms with Crippen molar-refractivity contribution in [2.75, 3.05) is 48.8 Å². The first kappa shape index (κ1) is 23.0. The quantitative estimate of drug-likeness (QED) is 0.430. The van der Waals surface area contributed by atoms with Gasteiger partial charge in [0.2, 0.25) is 5.95 Å². The van der Waals surface area contributed by atoms with Crippen molar-refractivity contribution in [2.24, 2.45) is 0 Å². The topological polar surface area (TPSA) is 115 Å². The van der Waals surface area contributed by atoms with E-state index in [0.717, 1.165) is 31.9 Å². The summed E-state index contributed by atoms with van der Waals surface area (Å²) in [6, 6.07) is 20.4. The third-order valence-corrected chi connectivity index (χ3v) is 5.95. The van der Waals surface area contributed by atoms with Crippen molar-refractivity contribution >= 4 is 29.0 Å². The standard InChI is InChI=1S/C26H25N9O/c1-33-13-15-34(16-14-33)21-10-8-20(9-11-21)29-26-28-18-19(17-27)25(32-26)31-22-5-4-6-23(30-22)35-12-3-2-7-24(35)36/h2-12,18H,13-16H2,1H3,(H2,28,29,30,31,32). The zero-order valence-corrected chi connectivity index (χ0v) is 19.8. The van der Waals surface area contributed by atoms with Gasteiger partial charge in [-0.3, -0.25) is 9.36 Å². The second kappa shape index (κ2) is 10.2. The Morgan fingerprint density at radius 1 is 0.917 bits per heavy atom. The first-order valence-electron chi connectivity index (χ1n) is 11.6. The van der Waals surface area contributed by atoms with E-state index in [9.17, 15) is 10.1 Å². The van der Waals surface area contributed by atoms with Gasteiger partial charge < -0.3 is 20.4 Å². The van der Waals surface area contributed by atoms with E-state index in [-0.39, 0.29) is 11.1 Å². The van der Waals surface area contributed by atoms with Gasteiger partial charge in [0, 0.05) is 49.8 Å². The summed E-state index contributed by atoms with van der Waals surface area (Å²) in [7, 11) is 2.14. The Morgan fingerprint density at radius 2 is 1.72 bits per heavy atom. The van der Waals surface area contributed by atoms with E-state index < -0.39 is 0 Å². The molecule has 1 saturated heterocycles. The van der Waals surface area contributed by atoms with Crippen molar-refractivity contribution in [3.63, 3.8) is 0 Å². The molecule has 5 rings (SSSR count). The van der Waals surface area contributed by atoms with Gasteiger partial charge in [0.1, 0.15) is 23.3 Å². The highest BCUT2D eigenvalue weighted by molar-refractivity contribution is 5.64. The maximum Gasteiger partial charge on any atom is 0.256 e. The third kappa shape index (κ3) is 5.16. The predicted molar refractivity (Wildman–Crippen MR) is 139 cm³/mol. The minimum Gasteiger partial charge on any atom is -0.369 e. The second-order valence-corrected chi connectivity index (χ2v) is 8.44. The number of hydrogen-bond acceptors (Lipinski definition) is 9. The van der Waals surface area contributed by atoms with Gasteiger partial charge in [-0.1, -0.05) is 12.1 Å². The van der Waals surface area contributed by atoms with Crippen LogP contribution in [0.5, 0.6) is 0 Å². The Morgan fingerprint density at radius 3 is 2.47 bits per heavy atom. The van der Waals surface area contributed by atoms with E-state index in [1.54, 1.807) is 36.5 Å². The van der Waals surface area contributed by atoms with Gasteiger partial charge >= 0.3 is 0 Å². The Bertz CT molecular complexity index is 1450. The molecule has 180 valence electrons. The first-order valence-corrected chi connectivity index (χ1v) is 11.6. The number of pyridine rings is 2. The van der Waals surface area contributed by atoms with E-state index >= 15 is 0 Å². The van der Waals surface area contributed by atoms with Crippen LogP contribution in [0.2, 0.25) is 0 Å². The van der Waals surface area contributed by atoms with Crippen LogP contribution >= 0.6 is 0 Å². The molecule has 1 fully saturated rings. The summed E-state index contributed by atoms with van der Waals surface area (Å²) >= 11 is 0. The summed E-state index contributed by atoms with van der Waals surface area (Å²) < 4.78 is 1.44. The minimum absolute atomic E-state index is 0.188. The fourth-order valence-electron chi connectivity index (χ4n) is 3.93. The summed E-state index contributed by atoms with van der Waals surface area (Å²) in [6.45, 7) is 4.11. The highest BCUT2D eigenvalue weighted by Crippen LogP contribution is 2.23. The van der Waals surface area contributed by atoms with Gasteiger partial charge in [-0.25, -0.2) is 9.97 Å². The largest absolute Gasteiger partial charge is 0.369 e. The van der Waals surface area contributed by atoms with Crippen LogP contribution in [0.3, 0.4) is 0 Å². The molecule has 0 radical (unpaired) electrons. The van der Waals surface area contributed by atoms with E-state index in [1.807, 2.05) is 12.1 Å². The lowest BCUT2D eigenvalue weighted by molar-refractivity contribution is 0.313. The normalized spacial score (nSPS) is 13.7. The van der Waals surface area contributed by atoms with E-state index in [0.29, 0.717) is 23.4 Å². The molecule has 3 aromatic heterocycles. The van der Waals surface area contributed by atoms with Gasteiger partial charge in [0.05, 0.1) is 6.20 Å². The number of anilines is 5. The highest BCUT2D eigenvalue weighted by atomic mass is 16.1. The van der Waals surface area contributed by atoms with Crippen molar-refractivity contribution in [2.45, 2.75) is 0 Å². The Hall–Kier alpha value is -4.75. The van der Waals surface area contributed by atoms with Crippen LogP contribution in [-0.2, 0) is 0 Å². The molecule has 0 aliphatic carbocycles. The van der Waals surface area contributed by atoms with Crippen molar-refractivity contribution < 1.29 is 0 Å². The monoisotopic (exact) mass is 479 g/mol. The van der Waals surface area contributed by atoms with Gasteiger partial charge in [-0.05, 0) is 49.5 Å². The molecule has 1 aliphatic heterocycles. The van der Waals surface area contributed by atoms with Crippen molar-refractivity contribution in [3.8, 4) is 11.9 Å². The van der Waals surface area contributed by atoms with Crippen LogP contribution in [0, 0.1) is 11.3 Å². The summed E-state index contributed by atoms with van der Waals surface area (Å²) in [6.07, 6.45) is 3.11. The minimum atomic E-state index is -0.188. The molecule has 1 aliphatic rings. The van der Waals surface area contributed by atoms with Crippen molar-refractivity contribution in [1.82, 2.24) is 24.4 Å². The van der Waals surface area contributed by atoms with E-state index in [2.05, 4.69) is 60.6 Å². The van der Waals surface area contributed by atoms with Crippen LogP contribution in [0.4, 0.5) is 29.0 Å². The molecule has 10 nitrogen and oxygen atoms in total. The van der Waals surface area contributed by atoms with Crippen LogP contribution in [-0.4, -0.2) is 57.6 Å². The number of nitriles is 1. The SMILES string of the molecule is CN1CCN(c2ccc(Nc3ncc(C#N)c(Nc4cccc(-n5ccccc5=O)n4)n3)cc2)CC1. The number of piperazine rings is 1. The summed E-state index contributed by atoms with van der Waals surface area (Å²) in [5, 5.41) is 15.8. The molecule has 4 aromatic rings. The third-order valence-electron chi connectivity index (χ3n) is 5.95. The van der Waals surface area contributed by atoms with Crippen molar-refractivity contribution in [1.29, 1.82) is 5.26 Å². The maximum atomic E-state index is 12.2. The molecule has 0 amide bonds. The first-order chi connectivity index (χ1) is 17.6. The van der Waals surface area contributed by atoms with Crippen molar-refractivity contribution in [3.05, 3.63) is 89.0 Å². The Kier molecular flexibility index (Phi) is 6.55. The summed E-state index contributed by atoms with van der Waals surface area (Å²) in [5.41, 5.74) is 2.11. The van der Waals surface area contributed by atoms with Gasteiger partial charge in [0.15, 0.2) is 5.82 Å². The zero-order chi connectivity index (χ0) is 24.9. The van der Waals surface area contributed by atoms with Gasteiger partial charge in [0.25, 0.3) is 5.56 Å². The molecular weight excluding hydrogens is 454 g/mol. The molecule has 10 heteroatoms. The number of hydrogen-bond donors (Lipinski definition) is 2. The lowest BCUT2D eigenvalue weighted by Crippen LogP contribution is -2.44. The number of nitrogens with one attached hydrogen (secondary N) is 2. The highest BCUT2D eigenvalue weighted by Gasteiger charge is 2.14. The molecule has 1 aromatic carbocycles. The molecule has 0 saturated carbocycles. The Labute approximate surface area is 208 Å². The van der Waals surface area contributed by atoms with Crippen LogP contribution < -0.4 is 21.1 Å². The van der Waals surface area contributed by atoms with Crippen LogP contribution in [0.1, 0.15) is 5.56 Å². The molecule has 0 unspecified atom stereocenters. The lowest BCUT2D eigenvalue weighted by Gasteiger charge is -2.34. The van der Waals surface area contributed by atoms with E-state index in [1.165, 1.54) is 22.5 Å². The maximum absolute atomic E-state index is 12.2. The molecule has 36 heavy (non-hydrogen) atoms. The number of likely N-dealkylation sites (N-methyl/N-ethyl adjacent to an activating group) is 1. The number of benzene rings is 1. The van der Waals surface area contributed by atoms with Crippen LogP contribution in [0.15, 0.2) is 77.9 Å². The molecule has 0 spiro atoms.